The van der Waals surface area contributed by atoms with Crippen molar-refractivity contribution in [2.75, 3.05) is 13.7 Å². The third kappa shape index (κ3) is 1.52. The average Bonchev–Trinajstić information content (AvgIpc) is 1.90. The van der Waals surface area contributed by atoms with Crippen LogP contribution in [0.4, 0.5) is 0 Å². The molecule has 0 saturated carbocycles. The second-order valence-electron chi connectivity index (χ2n) is 2.10. The smallest absolute Gasteiger partial charge is 0.186 e. The predicted octanol–water partition coefficient (Wildman–Crippen LogP) is -0.406. The number of hydrogen-bond donors (Lipinski definition) is 1. The quantitative estimate of drug-likeness (QED) is 0.478. The zero-order valence-corrected chi connectivity index (χ0v) is 5.77. The lowest BCUT2D eigenvalue weighted by Crippen LogP contribution is -2.20. The first-order chi connectivity index (χ1) is 4.33. The minimum Gasteiger partial charge on any atom is -0.483 e. The molecule has 48 valence electrons. The van der Waals surface area contributed by atoms with E-state index in [2.05, 4.69) is 19.2 Å². The maximum Gasteiger partial charge on any atom is 0.186 e. The Hall–Kier alpha value is -0.855. The number of dihydropyridines is 1. The summed E-state index contributed by atoms with van der Waals surface area (Å²) in [5, 5.41) is 3.09. The van der Waals surface area contributed by atoms with Gasteiger partial charge in [-0.2, -0.15) is 0 Å². The van der Waals surface area contributed by atoms with Crippen LogP contribution >= 0.6 is 0 Å². The summed E-state index contributed by atoms with van der Waals surface area (Å²) in [6, 6.07) is 0. The molecule has 1 N–H and O–H groups in total. The van der Waals surface area contributed by atoms with E-state index in [9.17, 15) is 0 Å². The molecule has 0 fully saturated rings. The highest BCUT2D eigenvalue weighted by Crippen LogP contribution is 1.99. The molecule has 1 heterocycles. The van der Waals surface area contributed by atoms with E-state index in [4.69, 9.17) is 4.74 Å². The number of allylic oxidation sites excluding steroid dienone is 2. The van der Waals surface area contributed by atoms with Crippen LogP contribution in [0.5, 0.6) is 0 Å². The highest BCUT2D eigenvalue weighted by Gasteiger charge is 1.98. The lowest BCUT2D eigenvalue weighted by atomic mass is 9.94. The van der Waals surface area contributed by atoms with Gasteiger partial charge in [-0.15, -0.1) is 0 Å². The Balaban J connectivity index is 2.59. The first-order valence-corrected chi connectivity index (χ1v) is 2.98. The molecule has 1 aliphatic rings. The Morgan fingerprint density at radius 2 is 2.44 bits per heavy atom. The first kappa shape index (κ1) is 6.27. The Bertz CT molecular complexity index is 162. The monoisotopic (exact) mass is 123 g/mol. The van der Waals surface area contributed by atoms with Gasteiger partial charge in [0.05, 0.1) is 7.11 Å². The first-order valence-electron chi connectivity index (χ1n) is 2.98. The molecule has 0 saturated heterocycles. The average molecular weight is 123 g/mol. The summed E-state index contributed by atoms with van der Waals surface area (Å²) in [4.78, 5) is 0. The van der Waals surface area contributed by atoms with Gasteiger partial charge in [-0.05, 0) is 6.08 Å². The van der Waals surface area contributed by atoms with E-state index in [0.29, 0.717) is 0 Å². The molecule has 3 heteroatoms. The second-order valence-corrected chi connectivity index (χ2v) is 2.10. The molecule has 0 radical (unpaired) electrons. The van der Waals surface area contributed by atoms with Gasteiger partial charge in [0, 0.05) is 6.54 Å². The molecule has 0 amide bonds. The summed E-state index contributed by atoms with van der Waals surface area (Å²) >= 11 is 0. The molecule has 0 aliphatic carbocycles. The molecule has 0 unspecified atom stereocenters. The maximum atomic E-state index is 4.94. The number of ether oxygens (including phenoxy) is 1. The summed E-state index contributed by atoms with van der Waals surface area (Å²) in [6.45, 7) is 0.902. The van der Waals surface area contributed by atoms with Gasteiger partial charge in [0.25, 0.3) is 0 Å². The molecule has 0 bridgehead atoms. The van der Waals surface area contributed by atoms with E-state index in [0.717, 1.165) is 12.4 Å². The van der Waals surface area contributed by atoms with Gasteiger partial charge in [0.15, 0.2) is 5.88 Å². The van der Waals surface area contributed by atoms with Crippen molar-refractivity contribution in [3.05, 3.63) is 23.5 Å². The molecule has 0 spiro atoms. The lowest BCUT2D eigenvalue weighted by molar-refractivity contribution is 0.263. The van der Waals surface area contributed by atoms with E-state index in [1.54, 1.807) is 7.11 Å². The van der Waals surface area contributed by atoms with Gasteiger partial charge < -0.3 is 10.1 Å². The molecular formula is C6H10BNO. The fraction of sp³-hybridized carbons (Fsp3) is 0.333. The minimum atomic E-state index is 0.848. The van der Waals surface area contributed by atoms with Gasteiger partial charge >= 0.3 is 0 Å². The van der Waals surface area contributed by atoms with Gasteiger partial charge in [0.2, 0.25) is 0 Å². The van der Waals surface area contributed by atoms with E-state index in [1.807, 2.05) is 6.08 Å². The molecule has 1 aliphatic heterocycles. The normalized spacial score (nSPS) is 17.4. The van der Waals surface area contributed by atoms with Crippen molar-refractivity contribution < 1.29 is 4.74 Å². The summed E-state index contributed by atoms with van der Waals surface area (Å²) < 4.78 is 4.94. The third-order valence-corrected chi connectivity index (χ3v) is 1.28. The highest BCUT2D eigenvalue weighted by molar-refractivity contribution is 6.22. The van der Waals surface area contributed by atoms with E-state index < -0.39 is 0 Å². The van der Waals surface area contributed by atoms with Crippen LogP contribution in [0, 0.1) is 0 Å². The molecule has 2 nitrogen and oxygen atoms in total. The van der Waals surface area contributed by atoms with Crippen molar-refractivity contribution >= 4 is 7.85 Å². The molecule has 9 heavy (non-hydrogen) atoms. The Labute approximate surface area is 56.0 Å². The van der Waals surface area contributed by atoms with Crippen LogP contribution in [0.15, 0.2) is 23.5 Å². The molecule has 0 atom stereocenters. The van der Waals surface area contributed by atoms with Crippen molar-refractivity contribution in [3.63, 3.8) is 0 Å². The van der Waals surface area contributed by atoms with E-state index in [1.165, 1.54) is 5.47 Å². The Morgan fingerprint density at radius 3 is 2.89 bits per heavy atom. The second kappa shape index (κ2) is 2.62. The molecule has 0 aromatic heterocycles. The number of rotatable bonds is 1. The van der Waals surface area contributed by atoms with Gasteiger partial charge in [-0.1, -0.05) is 11.5 Å². The number of hydrogen-bond acceptors (Lipinski definition) is 2. The summed E-state index contributed by atoms with van der Waals surface area (Å²) in [5.41, 5.74) is 1.33. The summed E-state index contributed by atoms with van der Waals surface area (Å²) in [6.07, 6.45) is 3.98. The van der Waals surface area contributed by atoms with Gasteiger partial charge in [-0.25, -0.2) is 0 Å². The van der Waals surface area contributed by atoms with Crippen molar-refractivity contribution in [2.45, 2.75) is 0 Å². The fourth-order valence-corrected chi connectivity index (χ4v) is 0.703. The standard InChI is InChI=1S/C6H10BNO/c1-9-6-3-2-5(7)4-8-6/h2-3,8H,4,7H2,1H3. The van der Waals surface area contributed by atoms with Crippen molar-refractivity contribution in [1.82, 2.24) is 5.32 Å². The maximum absolute atomic E-state index is 4.94. The molecule has 1 rings (SSSR count). The molecule has 0 aromatic carbocycles. The highest BCUT2D eigenvalue weighted by atomic mass is 16.5. The SMILES string of the molecule is BC1=CC=C(OC)NC1. The van der Waals surface area contributed by atoms with Crippen LogP contribution in [0.25, 0.3) is 0 Å². The topological polar surface area (TPSA) is 21.3 Å². The van der Waals surface area contributed by atoms with Crippen molar-refractivity contribution in [1.29, 1.82) is 0 Å². The van der Waals surface area contributed by atoms with Crippen LogP contribution in [-0.4, -0.2) is 21.5 Å². The van der Waals surface area contributed by atoms with E-state index in [-0.39, 0.29) is 0 Å². The van der Waals surface area contributed by atoms with Crippen molar-refractivity contribution in [3.8, 4) is 0 Å². The lowest BCUT2D eigenvalue weighted by Gasteiger charge is -2.12. The summed E-state index contributed by atoms with van der Waals surface area (Å²) in [7, 11) is 3.74. The number of methoxy groups -OCH3 is 1. The zero-order chi connectivity index (χ0) is 6.69. The fourth-order valence-electron chi connectivity index (χ4n) is 0.703. The van der Waals surface area contributed by atoms with Crippen LogP contribution in [-0.2, 0) is 4.74 Å². The van der Waals surface area contributed by atoms with Crippen molar-refractivity contribution in [2.24, 2.45) is 0 Å². The largest absolute Gasteiger partial charge is 0.483 e. The van der Waals surface area contributed by atoms with E-state index >= 15 is 0 Å². The minimum absolute atomic E-state index is 0.848. The van der Waals surface area contributed by atoms with Crippen LogP contribution in [0.3, 0.4) is 0 Å². The predicted molar refractivity (Wildman–Crippen MR) is 39.7 cm³/mol. The van der Waals surface area contributed by atoms with Gasteiger partial charge in [-0.3, -0.25) is 0 Å². The molecular weight excluding hydrogens is 113 g/mol. The molecule has 0 aromatic rings. The Kier molecular flexibility index (Phi) is 1.83. The van der Waals surface area contributed by atoms with Crippen LogP contribution < -0.4 is 5.32 Å². The van der Waals surface area contributed by atoms with Gasteiger partial charge in [0.1, 0.15) is 7.85 Å². The summed E-state index contributed by atoms with van der Waals surface area (Å²) in [5.74, 6) is 0.848. The zero-order valence-electron chi connectivity index (χ0n) is 5.77. The van der Waals surface area contributed by atoms with Crippen LogP contribution in [0.1, 0.15) is 0 Å². The number of nitrogens with one attached hydrogen (secondary N) is 1. The Morgan fingerprint density at radius 1 is 1.67 bits per heavy atom. The van der Waals surface area contributed by atoms with Crippen LogP contribution in [0.2, 0.25) is 0 Å². The third-order valence-electron chi connectivity index (χ3n) is 1.28.